The van der Waals surface area contributed by atoms with Crippen molar-refractivity contribution in [3.8, 4) is 5.75 Å². The number of benzene rings is 2. The Morgan fingerprint density at radius 3 is 2.62 bits per heavy atom. The second kappa shape index (κ2) is 5.76. The monoisotopic (exact) mass is 316 g/mol. The first-order chi connectivity index (χ1) is 10.1. The molecule has 0 aliphatic heterocycles. The number of thiophene rings is 1. The van der Waals surface area contributed by atoms with Gasteiger partial charge >= 0.3 is 0 Å². The highest BCUT2D eigenvalue weighted by molar-refractivity contribution is 7.20. The van der Waals surface area contributed by atoms with E-state index in [4.69, 9.17) is 27.5 Å². The van der Waals surface area contributed by atoms with Crippen molar-refractivity contribution < 1.29 is 4.74 Å². The van der Waals surface area contributed by atoms with Crippen LogP contribution in [0.15, 0.2) is 48.5 Å². The normalized spacial score (nSPS) is 10.7. The van der Waals surface area contributed by atoms with E-state index in [1.165, 1.54) is 11.3 Å². The predicted molar refractivity (Wildman–Crippen MR) is 88.6 cm³/mol. The Balaban J connectivity index is 1.77. The second-order valence-electron chi connectivity index (χ2n) is 4.64. The minimum atomic E-state index is 0.0971. The van der Waals surface area contributed by atoms with Crippen LogP contribution in [0.5, 0.6) is 5.75 Å². The Hall–Kier alpha value is -2.04. The molecule has 3 N–H and O–H groups in total. The van der Waals surface area contributed by atoms with Gasteiger partial charge in [-0.3, -0.25) is 5.41 Å². The van der Waals surface area contributed by atoms with E-state index in [1.54, 1.807) is 0 Å². The molecule has 0 aliphatic carbocycles. The second-order valence-corrected chi connectivity index (χ2v) is 6.16. The van der Waals surface area contributed by atoms with E-state index >= 15 is 0 Å². The molecule has 0 amide bonds. The molecule has 0 saturated carbocycles. The van der Waals surface area contributed by atoms with Gasteiger partial charge in [0.25, 0.3) is 0 Å². The van der Waals surface area contributed by atoms with E-state index in [-0.39, 0.29) is 5.84 Å². The third-order valence-corrected chi connectivity index (χ3v) is 4.46. The summed E-state index contributed by atoms with van der Waals surface area (Å²) < 4.78 is 6.85. The van der Waals surface area contributed by atoms with Crippen LogP contribution in [0.2, 0.25) is 5.02 Å². The Labute approximate surface area is 131 Å². The van der Waals surface area contributed by atoms with Gasteiger partial charge in [-0.1, -0.05) is 23.7 Å². The molecule has 0 unspecified atom stereocenters. The molecule has 3 aromatic rings. The SMILES string of the molecule is N=C(N)c1cc2ccc(OCc3ccc(Cl)cc3)cc2s1. The minimum absolute atomic E-state index is 0.0971. The van der Waals surface area contributed by atoms with Crippen LogP contribution in [0.25, 0.3) is 10.1 Å². The Bertz CT molecular complexity index is 796. The fourth-order valence-electron chi connectivity index (χ4n) is 1.98. The van der Waals surface area contributed by atoms with Crippen molar-refractivity contribution in [2.45, 2.75) is 6.61 Å². The lowest BCUT2D eigenvalue weighted by Gasteiger charge is -2.06. The molecule has 21 heavy (non-hydrogen) atoms. The first-order valence-electron chi connectivity index (χ1n) is 6.37. The van der Waals surface area contributed by atoms with Gasteiger partial charge in [-0.2, -0.15) is 0 Å². The molecule has 0 atom stereocenters. The smallest absolute Gasteiger partial charge is 0.133 e. The highest BCUT2D eigenvalue weighted by Gasteiger charge is 2.05. The number of hydrogen-bond donors (Lipinski definition) is 2. The maximum absolute atomic E-state index is 7.48. The number of nitrogens with two attached hydrogens (primary N) is 1. The molecule has 3 rings (SSSR count). The van der Waals surface area contributed by atoms with Crippen LogP contribution in [0.3, 0.4) is 0 Å². The molecule has 0 radical (unpaired) electrons. The van der Waals surface area contributed by atoms with Crippen LogP contribution in [-0.4, -0.2) is 5.84 Å². The molecule has 0 aliphatic rings. The van der Waals surface area contributed by atoms with Crippen molar-refractivity contribution in [1.82, 2.24) is 0 Å². The Morgan fingerprint density at radius 2 is 1.90 bits per heavy atom. The van der Waals surface area contributed by atoms with E-state index in [0.717, 1.165) is 31.3 Å². The first-order valence-corrected chi connectivity index (χ1v) is 7.56. The third kappa shape index (κ3) is 3.17. The number of hydrogen-bond acceptors (Lipinski definition) is 3. The fourth-order valence-corrected chi connectivity index (χ4v) is 3.06. The molecular formula is C16H13ClN2OS. The van der Waals surface area contributed by atoms with Crippen molar-refractivity contribution in [2.75, 3.05) is 0 Å². The van der Waals surface area contributed by atoms with E-state index < -0.39 is 0 Å². The molecular weight excluding hydrogens is 304 g/mol. The van der Waals surface area contributed by atoms with Gasteiger partial charge in [0.2, 0.25) is 0 Å². The van der Waals surface area contributed by atoms with Gasteiger partial charge in [0.15, 0.2) is 0 Å². The van der Waals surface area contributed by atoms with Crippen LogP contribution in [0, 0.1) is 5.41 Å². The Morgan fingerprint density at radius 1 is 1.14 bits per heavy atom. The number of fused-ring (bicyclic) bond motifs is 1. The largest absolute Gasteiger partial charge is 0.489 e. The number of nitrogens with one attached hydrogen (secondary N) is 1. The molecule has 0 spiro atoms. The maximum Gasteiger partial charge on any atom is 0.133 e. The number of halogens is 1. The van der Waals surface area contributed by atoms with E-state index in [9.17, 15) is 0 Å². The van der Waals surface area contributed by atoms with E-state index in [0.29, 0.717) is 6.61 Å². The summed E-state index contributed by atoms with van der Waals surface area (Å²) in [4.78, 5) is 0.778. The zero-order chi connectivity index (χ0) is 14.8. The first kappa shape index (κ1) is 13.9. The summed E-state index contributed by atoms with van der Waals surface area (Å²) in [6.07, 6.45) is 0. The summed E-state index contributed by atoms with van der Waals surface area (Å²) in [5.41, 5.74) is 6.58. The lowest BCUT2D eigenvalue weighted by Crippen LogP contribution is -2.08. The van der Waals surface area contributed by atoms with Gasteiger partial charge in [0, 0.05) is 9.72 Å². The molecule has 1 heterocycles. The van der Waals surface area contributed by atoms with Gasteiger partial charge in [-0.05, 0) is 47.3 Å². The van der Waals surface area contributed by atoms with Crippen LogP contribution >= 0.6 is 22.9 Å². The average molecular weight is 317 g/mol. The average Bonchev–Trinajstić information content (AvgIpc) is 2.90. The lowest BCUT2D eigenvalue weighted by molar-refractivity contribution is 0.306. The molecule has 0 fully saturated rings. The van der Waals surface area contributed by atoms with Crippen LogP contribution < -0.4 is 10.5 Å². The molecule has 106 valence electrons. The Kier molecular flexibility index (Phi) is 3.82. The summed E-state index contributed by atoms with van der Waals surface area (Å²) in [6, 6.07) is 15.4. The van der Waals surface area contributed by atoms with Crippen molar-refractivity contribution in [3.05, 3.63) is 64.0 Å². The minimum Gasteiger partial charge on any atom is -0.489 e. The zero-order valence-electron chi connectivity index (χ0n) is 11.1. The topological polar surface area (TPSA) is 59.1 Å². The molecule has 1 aromatic heterocycles. The summed E-state index contributed by atoms with van der Waals surface area (Å²) in [5, 5.41) is 9.27. The molecule has 5 heteroatoms. The van der Waals surface area contributed by atoms with E-state index in [1.807, 2.05) is 48.5 Å². The van der Waals surface area contributed by atoms with Crippen molar-refractivity contribution in [2.24, 2.45) is 5.73 Å². The number of ether oxygens (including phenoxy) is 1. The van der Waals surface area contributed by atoms with Crippen LogP contribution in [0.1, 0.15) is 10.4 Å². The highest BCUT2D eigenvalue weighted by atomic mass is 35.5. The van der Waals surface area contributed by atoms with Crippen LogP contribution in [-0.2, 0) is 6.61 Å². The summed E-state index contributed by atoms with van der Waals surface area (Å²) in [7, 11) is 0. The number of amidine groups is 1. The van der Waals surface area contributed by atoms with Crippen molar-refractivity contribution in [3.63, 3.8) is 0 Å². The number of nitrogen functional groups attached to an aromatic ring is 1. The summed E-state index contributed by atoms with van der Waals surface area (Å²) in [6.45, 7) is 0.494. The number of rotatable bonds is 4. The maximum atomic E-state index is 7.48. The van der Waals surface area contributed by atoms with Gasteiger partial charge in [0.05, 0.1) is 4.88 Å². The van der Waals surface area contributed by atoms with Crippen LogP contribution in [0.4, 0.5) is 0 Å². The van der Waals surface area contributed by atoms with Crippen molar-refractivity contribution >= 4 is 38.9 Å². The van der Waals surface area contributed by atoms with Gasteiger partial charge in [-0.25, -0.2) is 0 Å². The summed E-state index contributed by atoms with van der Waals surface area (Å²) >= 11 is 7.35. The predicted octanol–water partition coefficient (Wildman–Crippen LogP) is 4.42. The third-order valence-electron chi connectivity index (χ3n) is 3.08. The quantitative estimate of drug-likeness (QED) is 0.553. The lowest BCUT2D eigenvalue weighted by atomic mass is 10.2. The molecule has 0 bridgehead atoms. The van der Waals surface area contributed by atoms with Gasteiger partial charge in [0.1, 0.15) is 18.2 Å². The highest BCUT2D eigenvalue weighted by Crippen LogP contribution is 2.29. The van der Waals surface area contributed by atoms with Gasteiger partial charge in [-0.15, -0.1) is 11.3 Å². The summed E-state index contributed by atoms with van der Waals surface area (Å²) in [5.74, 6) is 0.897. The molecule has 2 aromatic carbocycles. The van der Waals surface area contributed by atoms with Crippen molar-refractivity contribution in [1.29, 1.82) is 5.41 Å². The van der Waals surface area contributed by atoms with Gasteiger partial charge < -0.3 is 10.5 Å². The molecule has 3 nitrogen and oxygen atoms in total. The van der Waals surface area contributed by atoms with E-state index in [2.05, 4.69) is 0 Å². The standard InChI is InChI=1S/C16H13ClN2OS/c17-12-4-1-10(2-5-12)9-20-13-6-3-11-7-15(16(18)19)21-14(11)8-13/h1-8H,9H2,(H3,18,19). The fraction of sp³-hybridized carbons (Fsp3) is 0.0625. The zero-order valence-corrected chi connectivity index (χ0v) is 12.7. The molecule has 0 saturated heterocycles.